The van der Waals surface area contributed by atoms with Crippen molar-refractivity contribution in [1.29, 1.82) is 0 Å². The average Bonchev–Trinajstić information content (AvgIpc) is 2.28. The minimum Gasteiger partial charge on any atom is -0.508 e. The maximum Gasteiger partial charge on any atom is 0.115 e. The molecule has 0 amide bonds. The monoisotopic (exact) mass is 247 g/mol. The lowest BCUT2D eigenvalue weighted by Gasteiger charge is -2.35. The molecule has 2 unspecified atom stereocenters. The van der Waals surface area contributed by atoms with Crippen LogP contribution in [0.1, 0.15) is 57.7 Å². The second-order valence-electron chi connectivity index (χ2n) is 6.58. The van der Waals surface area contributed by atoms with Crippen LogP contribution < -0.4 is 5.32 Å². The summed E-state index contributed by atoms with van der Waals surface area (Å²) in [7, 11) is 0. The fourth-order valence-corrected chi connectivity index (χ4v) is 2.51. The van der Waals surface area contributed by atoms with Gasteiger partial charge in [-0.05, 0) is 54.9 Å². The zero-order chi connectivity index (χ0) is 13.3. The zero-order valence-electron chi connectivity index (χ0n) is 12.0. The molecule has 2 nitrogen and oxygen atoms in total. The molecule has 0 aliphatic heterocycles. The molecule has 1 aromatic rings. The van der Waals surface area contributed by atoms with Crippen LogP contribution in [0.15, 0.2) is 18.2 Å². The molecule has 100 valence electrons. The normalized spacial score (nSPS) is 21.4. The molecule has 2 N–H and O–H groups in total. The summed E-state index contributed by atoms with van der Waals surface area (Å²) < 4.78 is 0. The van der Waals surface area contributed by atoms with E-state index in [-0.39, 0.29) is 5.41 Å². The summed E-state index contributed by atoms with van der Waals surface area (Å²) in [6, 6.07) is 6.64. The first-order chi connectivity index (χ1) is 8.38. The van der Waals surface area contributed by atoms with Crippen LogP contribution in [0.25, 0.3) is 0 Å². The van der Waals surface area contributed by atoms with Crippen LogP contribution in [-0.4, -0.2) is 11.1 Å². The number of phenols is 1. The number of hydrogen-bond acceptors (Lipinski definition) is 2. The SMILES string of the molecule is CC(NC1CCCc2ccc(O)cc21)C(C)(C)C. The largest absolute Gasteiger partial charge is 0.508 e. The van der Waals surface area contributed by atoms with Crippen molar-refractivity contribution in [3.63, 3.8) is 0 Å². The van der Waals surface area contributed by atoms with Gasteiger partial charge in [-0.1, -0.05) is 26.8 Å². The molecule has 0 fully saturated rings. The lowest BCUT2D eigenvalue weighted by atomic mass is 9.83. The third kappa shape index (κ3) is 2.86. The van der Waals surface area contributed by atoms with Gasteiger partial charge >= 0.3 is 0 Å². The van der Waals surface area contributed by atoms with Crippen LogP contribution in [0, 0.1) is 5.41 Å². The first-order valence-corrected chi connectivity index (χ1v) is 6.96. The fourth-order valence-electron chi connectivity index (χ4n) is 2.51. The van der Waals surface area contributed by atoms with Gasteiger partial charge in [-0.25, -0.2) is 0 Å². The average molecular weight is 247 g/mol. The number of nitrogens with one attached hydrogen (secondary N) is 1. The Balaban J connectivity index is 2.20. The van der Waals surface area contributed by atoms with Crippen LogP contribution >= 0.6 is 0 Å². The zero-order valence-corrected chi connectivity index (χ0v) is 12.0. The summed E-state index contributed by atoms with van der Waals surface area (Å²) in [5.74, 6) is 0.380. The van der Waals surface area contributed by atoms with Gasteiger partial charge in [0.1, 0.15) is 5.75 Å². The van der Waals surface area contributed by atoms with Crippen molar-refractivity contribution in [3.05, 3.63) is 29.3 Å². The first kappa shape index (κ1) is 13.4. The first-order valence-electron chi connectivity index (χ1n) is 6.96. The van der Waals surface area contributed by atoms with Crippen molar-refractivity contribution >= 4 is 0 Å². The Bertz CT molecular complexity index is 420. The summed E-state index contributed by atoms with van der Waals surface area (Å²) in [5.41, 5.74) is 2.93. The van der Waals surface area contributed by atoms with E-state index in [1.807, 2.05) is 6.07 Å². The Hall–Kier alpha value is -1.02. The molecule has 2 rings (SSSR count). The molecular formula is C16H25NO. The van der Waals surface area contributed by atoms with Crippen molar-refractivity contribution < 1.29 is 5.11 Å². The Morgan fingerprint density at radius 2 is 2.06 bits per heavy atom. The highest BCUT2D eigenvalue weighted by molar-refractivity contribution is 5.38. The molecule has 0 saturated heterocycles. The van der Waals surface area contributed by atoms with Crippen LogP contribution in [-0.2, 0) is 6.42 Å². The van der Waals surface area contributed by atoms with Gasteiger partial charge in [0.2, 0.25) is 0 Å². The fraction of sp³-hybridized carbons (Fsp3) is 0.625. The van der Waals surface area contributed by atoms with Gasteiger partial charge in [0, 0.05) is 12.1 Å². The number of rotatable bonds is 2. The number of aromatic hydroxyl groups is 1. The lowest BCUT2D eigenvalue weighted by Crippen LogP contribution is -2.40. The third-order valence-electron chi connectivity index (χ3n) is 4.19. The van der Waals surface area contributed by atoms with E-state index in [2.05, 4.69) is 39.1 Å². The van der Waals surface area contributed by atoms with Gasteiger partial charge in [0.25, 0.3) is 0 Å². The van der Waals surface area contributed by atoms with E-state index in [0.717, 1.165) is 12.8 Å². The third-order valence-corrected chi connectivity index (χ3v) is 4.19. The van der Waals surface area contributed by atoms with Gasteiger partial charge in [-0.3, -0.25) is 0 Å². The van der Waals surface area contributed by atoms with Crippen LogP contribution in [0.3, 0.4) is 0 Å². The summed E-state index contributed by atoms with van der Waals surface area (Å²) >= 11 is 0. The van der Waals surface area contributed by atoms with Crippen molar-refractivity contribution in [1.82, 2.24) is 5.32 Å². The number of fused-ring (bicyclic) bond motifs is 1. The number of hydrogen-bond donors (Lipinski definition) is 2. The molecule has 2 atom stereocenters. The van der Waals surface area contributed by atoms with Gasteiger partial charge in [0.15, 0.2) is 0 Å². The molecule has 0 aromatic heterocycles. The molecule has 0 radical (unpaired) electrons. The van der Waals surface area contributed by atoms with E-state index in [1.54, 1.807) is 6.07 Å². The van der Waals surface area contributed by atoms with Crippen molar-refractivity contribution in [2.45, 2.75) is 59.0 Å². The number of aryl methyl sites for hydroxylation is 1. The summed E-state index contributed by atoms with van der Waals surface area (Å²) in [6.07, 6.45) is 3.53. The Labute approximate surface area is 110 Å². The van der Waals surface area contributed by atoms with Gasteiger partial charge < -0.3 is 10.4 Å². The molecule has 2 heteroatoms. The summed E-state index contributed by atoms with van der Waals surface area (Å²) in [4.78, 5) is 0. The quantitative estimate of drug-likeness (QED) is 0.833. The number of benzene rings is 1. The minimum absolute atomic E-state index is 0.258. The molecular weight excluding hydrogens is 222 g/mol. The Morgan fingerprint density at radius 1 is 1.33 bits per heavy atom. The second-order valence-corrected chi connectivity index (χ2v) is 6.58. The Morgan fingerprint density at radius 3 is 2.72 bits per heavy atom. The minimum atomic E-state index is 0.258. The highest BCUT2D eigenvalue weighted by Crippen LogP contribution is 2.33. The molecule has 18 heavy (non-hydrogen) atoms. The lowest BCUT2D eigenvalue weighted by molar-refractivity contribution is 0.253. The molecule has 0 heterocycles. The number of phenolic OH excluding ortho intramolecular Hbond substituents is 1. The molecule has 0 bridgehead atoms. The maximum absolute atomic E-state index is 9.67. The molecule has 0 saturated carbocycles. The second kappa shape index (κ2) is 4.93. The van der Waals surface area contributed by atoms with Crippen LogP contribution in [0.2, 0.25) is 0 Å². The van der Waals surface area contributed by atoms with E-state index in [0.29, 0.717) is 17.8 Å². The topological polar surface area (TPSA) is 32.3 Å². The summed E-state index contributed by atoms with van der Waals surface area (Å²) in [5, 5.41) is 13.4. The van der Waals surface area contributed by atoms with E-state index >= 15 is 0 Å². The van der Waals surface area contributed by atoms with E-state index in [1.165, 1.54) is 17.5 Å². The van der Waals surface area contributed by atoms with Crippen molar-refractivity contribution in [2.75, 3.05) is 0 Å². The highest BCUT2D eigenvalue weighted by atomic mass is 16.3. The standard InChI is InChI=1S/C16H25NO/c1-11(16(2,3)4)17-15-7-5-6-12-8-9-13(18)10-14(12)15/h8-11,15,17-18H,5-7H2,1-4H3. The molecule has 1 aliphatic rings. The van der Waals surface area contributed by atoms with E-state index in [9.17, 15) is 5.11 Å². The molecule has 1 aromatic carbocycles. The molecule has 1 aliphatic carbocycles. The van der Waals surface area contributed by atoms with Crippen molar-refractivity contribution in [2.24, 2.45) is 5.41 Å². The Kier molecular flexibility index (Phi) is 3.67. The smallest absolute Gasteiger partial charge is 0.115 e. The highest BCUT2D eigenvalue weighted by Gasteiger charge is 2.26. The maximum atomic E-state index is 9.67. The van der Waals surface area contributed by atoms with Gasteiger partial charge in [-0.2, -0.15) is 0 Å². The van der Waals surface area contributed by atoms with Crippen LogP contribution in [0.4, 0.5) is 0 Å². The van der Waals surface area contributed by atoms with Crippen molar-refractivity contribution in [3.8, 4) is 5.75 Å². The predicted octanol–water partition coefficient (Wildman–Crippen LogP) is 3.79. The van der Waals surface area contributed by atoms with Gasteiger partial charge in [-0.15, -0.1) is 0 Å². The predicted molar refractivity (Wildman–Crippen MR) is 75.8 cm³/mol. The van der Waals surface area contributed by atoms with Gasteiger partial charge in [0.05, 0.1) is 0 Å². The van der Waals surface area contributed by atoms with E-state index in [4.69, 9.17) is 0 Å². The molecule has 0 spiro atoms. The summed E-state index contributed by atoms with van der Waals surface area (Å²) in [6.45, 7) is 9.03. The van der Waals surface area contributed by atoms with E-state index < -0.39 is 0 Å². The van der Waals surface area contributed by atoms with Crippen LogP contribution in [0.5, 0.6) is 5.75 Å².